The van der Waals surface area contributed by atoms with E-state index in [1.165, 1.54) is 41.3 Å². The molecule has 2 fully saturated rings. The largest absolute Gasteiger partial charge is 0.438 e. The molecule has 1 aliphatic carbocycles. The number of hydrogen-bond donors (Lipinski definition) is 2. The molecular formula is C19H21FN4O5S. The van der Waals surface area contributed by atoms with E-state index in [2.05, 4.69) is 10.0 Å². The zero-order chi connectivity index (χ0) is 21.3. The Labute approximate surface area is 172 Å². The number of rotatable bonds is 5. The summed E-state index contributed by atoms with van der Waals surface area (Å²) in [5.74, 6) is -0.880. The molecule has 30 heavy (non-hydrogen) atoms. The molecule has 1 saturated carbocycles. The van der Waals surface area contributed by atoms with Gasteiger partial charge in [0.1, 0.15) is 5.82 Å². The van der Waals surface area contributed by atoms with Gasteiger partial charge < -0.3 is 19.5 Å². The lowest BCUT2D eigenvalue weighted by atomic mass is 10.3. The number of carbonyl (C=O) groups is 2. The number of benzene rings is 1. The SMILES string of the molecule is O=C(Nc1ccc(F)cc1)N1CCN(C(=O)c2ccc(S(=O)(=O)NC3CC3)o2)CC1. The number of urea groups is 1. The molecule has 1 aromatic heterocycles. The number of hydrogen-bond acceptors (Lipinski definition) is 5. The van der Waals surface area contributed by atoms with Crippen LogP contribution >= 0.6 is 0 Å². The molecule has 2 aromatic rings. The van der Waals surface area contributed by atoms with Gasteiger partial charge in [0.25, 0.3) is 15.9 Å². The van der Waals surface area contributed by atoms with Gasteiger partial charge in [-0.15, -0.1) is 0 Å². The second-order valence-corrected chi connectivity index (χ2v) is 8.88. The van der Waals surface area contributed by atoms with E-state index in [1.54, 1.807) is 4.90 Å². The molecule has 11 heteroatoms. The molecule has 1 saturated heterocycles. The van der Waals surface area contributed by atoms with Gasteiger partial charge in [-0.1, -0.05) is 0 Å². The quantitative estimate of drug-likeness (QED) is 0.743. The van der Waals surface area contributed by atoms with Crippen LogP contribution in [0.4, 0.5) is 14.9 Å². The minimum atomic E-state index is -3.76. The Hall–Kier alpha value is -2.92. The highest BCUT2D eigenvalue weighted by Gasteiger charge is 2.31. The van der Waals surface area contributed by atoms with Crippen molar-refractivity contribution in [2.75, 3.05) is 31.5 Å². The lowest BCUT2D eigenvalue weighted by Crippen LogP contribution is -2.51. The van der Waals surface area contributed by atoms with E-state index in [-0.39, 0.29) is 36.0 Å². The second-order valence-electron chi connectivity index (χ2n) is 7.23. The molecule has 2 aliphatic rings. The minimum Gasteiger partial charge on any atom is -0.438 e. The fourth-order valence-electron chi connectivity index (χ4n) is 3.06. The summed E-state index contributed by atoms with van der Waals surface area (Å²) in [6, 6.07) is 7.65. The summed E-state index contributed by atoms with van der Waals surface area (Å²) in [6.07, 6.45) is 1.59. The topological polar surface area (TPSA) is 112 Å². The van der Waals surface area contributed by atoms with Gasteiger partial charge in [0.15, 0.2) is 5.76 Å². The number of nitrogens with zero attached hydrogens (tertiary/aromatic N) is 2. The average molecular weight is 436 g/mol. The molecule has 2 heterocycles. The maximum atomic E-state index is 13.0. The third-order valence-corrected chi connectivity index (χ3v) is 6.30. The smallest absolute Gasteiger partial charge is 0.321 e. The fraction of sp³-hybridized carbons (Fsp3) is 0.368. The molecule has 1 aromatic carbocycles. The summed E-state index contributed by atoms with van der Waals surface area (Å²) in [7, 11) is -3.76. The number of nitrogens with one attached hydrogen (secondary N) is 2. The number of amides is 3. The third-order valence-electron chi connectivity index (χ3n) is 4.91. The highest BCUT2D eigenvalue weighted by molar-refractivity contribution is 7.89. The van der Waals surface area contributed by atoms with Crippen molar-refractivity contribution < 1.29 is 26.8 Å². The van der Waals surface area contributed by atoms with Crippen LogP contribution in [-0.2, 0) is 10.0 Å². The van der Waals surface area contributed by atoms with Crippen LogP contribution in [0.2, 0.25) is 0 Å². The Balaban J connectivity index is 1.32. The van der Waals surface area contributed by atoms with Crippen LogP contribution < -0.4 is 10.0 Å². The summed E-state index contributed by atoms with van der Waals surface area (Å²) in [5, 5.41) is 2.40. The van der Waals surface area contributed by atoms with Crippen molar-refractivity contribution in [3.63, 3.8) is 0 Å². The predicted octanol–water partition coefficient (Wildman–Crippen LogP) is 1.85. The van der Waals surface area contributed by atoms with Crippen molar-refractivity contribution in [2.45, 2.75) is 24.0 Å². The first-order valence-electron chi connectivity index (χ1n) is 9.55. The Bertz CT molecular complexity index is 1040. The van der Waals surface area contributed by atoms with Crippen LogP contribution in [0.15, 0.2) is 45.9 Å². The minimum absolute atomic E-state index is 0.0598. The van der Waals surface area contributed by atoms with Crippen LogP contribution in [0.3, 0.4) is 0 Å². The number of furan rings is 1. The van der Waals surface area contributed by atoms with Gasteiger partial charge in [0, 0.05) is 37.9 Å². The second kappa shape index (κ2) is 8.07. The lowest BCUT2D eigenvalue weighted by molar-refractivity contribution is 0.0635. The van der Waals surface area contributed by atoms with Crippen LogP contribution in [-0.4, -0.2) is 62.4 Å². The van der Waals surface area contributed by atoms with Gasteiger partial charge in [-0.2, -0.15) is 0 Å². The van der Waals surface area contributed by atoms with Crippen LogP contribution in [0, 0.1) is 5.82 Å². The number of sulfonamides is 1. The van der Waals surface area contributed by atoms with E-state index < -0.39 is 21.7 Å². The maximum Gasteiger partial charge on any atom is 0.321 e. The van der Waals surface area contributed by atoms with Gasteiger partial charge in [-0.3, -0.25) is 4.79 Å². The average Bonchev–Trinajstić information content (AvgIpc) is 3.38. The van der Waals surface area contributed by atoms with Gasteiger partial charge in [0.2, 0.25) is 5.09 Å². The lowest BCUT2D eigenvalue weighted by Gasteiger charge is -2.34. The molecule has 4 rings (SSSR count). The first-order chi connectivity index (χ1) is 14.3. The molecule has 0 unspecified atom stereocenters. The molecular weight excluding hydrogens is 415 g/mol. The van der Waals surface area contributed by atoms with Crippen molar-refractivity contribution in [1.82, 2.24) is 14.5 Å². The van der Waals surface area contributed by atoms with Crippen molar-refractivity contribution in [2.24, 2.45) is 0 Å². The fourth-order valence-corrected chi connectivity index (χ4v) is 4.30. The first-order valence-corrected chi connectivity index (χ1v) is 11.0. The maximum absolute atomic E-state index is 13.0. The van der Waals surface area contributed by atoms with Crippen molar-refractivity contribution in [1.29, 1.82) is 0 Å². The van der Waals surface area contributed by atoms with Gasteiger partial charge in [-0.05, 0) is 49.2 Å². The Morgan fingerprint density at radius 3 is 2.23 bits per heavy atom. The van der Waals surface area contributed by atoms with Crippen LogP contribution in [0.1, 0.15) is 23.4 Å². The summed E-state index contributed by atoms with van der Waals surface area (Å²) in [4.78, 5) is 28.0. The first kappa shape index (κ1) is 20.4. The number of halogens is 1. The van der Waals surface area contributed by atoms with E-state index in [0.29, 0.717) is 18.8 Å². The standard InChI is InChI=1S/C19H21FN4O5S/c20-13-1-3-14(4-2-13)21-19(26)24-11-9-23(10-12-24)18(25)16-7-8-17(29-16)30(27,28)22-15-5-6-15/h1-4,7-8,15,22H,5-6,9-12H2,(H,21,26). The number of carbonyl (C=O) groups excluding carboxylic acids is 2. The monoisotopic (exact) mass is 436 g/mol. The molecule has 0 atom stereocenters. The van der Waals surface area contributed by atoms with E-state index >= 15 is 0 Å². The zero-order valence-electron chi connectivity index (χ0n) is 16.0. The molecule has 9 nitrogen and oxygen atoms in total. The van der Waals surface area contributed by atoms with E-state index in [1.807, 2.05) is 0 Å². The summed E-state index contributed by atoms with van der Waals surface area (Å²) < 4.78 is 45.1. The highest BCUT2D eigenvalue weighted by atomic mass is 32.2. The molecule has 2 N–H and O–H groups in total. The van der Waals surface area contributed by atoms with Crippen molar-refractivity contribution in [3.05, 3.63) is 48.0 Å². The summed E-state index contributed by atoms with van der Waals surface area (Å²) in [5.41, 5.74) is 0.476. The zero-order valence-corrected chi connectivity index (χ0v) is 16.8. The number of piperazine rings is 1. The van der Waals surface area contributed by atoms with Crippen molar-refractivity contribution >= 4 is 27.6 Å². The normalized spacial score (nSPS) is 17.1. The summed E-state index contributed by atoms with van der Waals surface area (Å²) >= 11 is 0. The van der Waals surface area contributed by atoms with Gasteiger partial charge in [0.05, 0.1) is 0 Å². The van der Waals surface area contributed by atoms with E-state index in [4.69, 9.17) is 4.42 Å². The Morgan fingerprint density at radius 1 is 0.967 bits per heavy atom. The summed E-state index contributed by atoms with van der Waals surface area (Å²) in [6.45, 7) is 1.15. The van der Waals surface area contributed by atoms with E-state index in [9.17, 15) is 22.4 Å². The third kappa shape index (κ3) is 4.62. The van der Waals surface area contributed by atoms with Crippen LogP contribution in [0.5, 0.6) is 0 Å². The van der Waals surface area contributed by atoms with Crippen LogP contribution in [0.25, 0.3) is 0 Å². The van der Waals surface area contributed by atoms with Crippen molar-refractivity contribution in [3.8, 4) is 0 Å². The molecule has 0 spiro atoms. The Morgan fingerprint density at radius 2 is 1.60 bits per heavy atom. The molecule has 160 valence electrons. The predicted molar refractivity (Wildman–Crippen MR) is 105 cm³/mol. The number of anilines is 1. The highest BCUT2D eigenvalue weighted by Crippen LogP contribution is 2.23. The molecule has 3 amide bonds. The molecule has 1 aliphatic heterocycles. The molecule has 0 radical (unpaired) electrons. The Kier molecular flexibility index (Phi) is 5.48. The van der Waals surface area contributed by atoms with E-state index in [0.717, 1.165) is 12.8 Å². The van der Waals surface area contributed by atoms with Gasteiger partial charge in [-0.25, -0.2) is 22.3 Å². The molecule has 0 bridgehead atoms. The van der Waals surface area contributed by atoms with Gasteiger partial charge >= 0.3 is 6.03 Å².